The van der Waals surface area contributed by atoms with Crippen LogP contribution in [0.25, 0.3) is 5.57 Å². The molecule has 0 N–H and O–H groups in total. The van der Waals surface area contributed by atoms with Crippen molar-refractivity contribution in [3.63, 3.8) is 0 Å². The third-order valence-electron chi connectivity index (χ3n) is 3.49. The fraction of sp³-hybridized carbons (Fsp3) is 0.318. The molecule has 0 bridgehead atoms. The second kappa shape index (κ2) is 9.78. The first-order valence-electron chi connectivity index (χ1n) is 8.29. The van der Waals surface area contributed by atoms with Crippen LogP contribution in [0.4, 0.5) is 0 Å². The molecule has 0 spiro atoms. The summed E-state index contributed by atoms with van der Waals surface area (Å²) in [5, 5.41) is 0. The van der Waals surface area contributed by atoms with E-state index in [0.29, 0.717) is 0 Å². The van der Waals surface area contributed by atoms with Gasteiger partial charge in [0.05, 0.1) is 5.70 Å². The van der Waals surface area contributed by atoms with Crippen LogP contribution in [-0.2, 0) is 0 Å². The Kier molecular flexibility index (Phi) is 8.04. The summed E-state index contributed by atoms with van der Waals surface area (Å²) in [4.78, 5) is 4.90. The fourth-order valence-electron chi connectivity index (χ4n) is 2.39. The van der Waals surface area contributed by atoms with Crippen LogP contribution in [0, 0.1) is 0 Å². The lowest BCUT2D eigenvalue weighted by Gasteiger charge is -2.11. The Morgan fingerprint density at radius 2 is 1.74 bits per heavy atom. The van der Waals surface area contributed by atoms with Crippen LogP contribution in [0.3, 0.4) is 0 Å². The van der Waals surface area contributed by atoms with Crippen molar-refractivity contribution in [2.24, 2.45) is 4.99 Å². The molecule has 0 aliphatic rings. The SMILES string of the molecule is C=CC(=C\CCC)/C(N=C(C)C=C(C)C)=C(/C)c1ccccc1. The van der Waals surface area contributed by atoms with E-state index in [1.54, 1.807) is 0 Å². The van der Waals surface area contributed by atoms with Gasteiger partial charge in [0, 0.05) is 5.71 Å². The molecule has 0 saturated carbocycles. The largest absolute Gasteiger partial charge is 0.253 e. The molecule has 0 atom stereocenters. The van der Waals surface area contributed by atoms with E-state index in [0.717, 1.165) is 29.8 Å². The number of rotatable bonds is 7. The molecule has 1 nitrogen and oxygen atoms in total. The zero-order chi connectivity index (χ0) is 17.2. The van der Waals surface area contributed by atoms with E-state index in [9.17, 15) is 0 Å². The molecule has 1 rings (SSSR count). The molecule has 0 saturated heterocycles. The van der Waals surface area contributed by atoms with Gasteiger partial charge in [-0.1, -0.05) is 68.0 Å². The predicted octanol–water partition coefficient (Wildman–Crippen LogP) is 6.76. The van der Waals surface area contributed by atoms with Gasteiger partial charge in [-0.25, -0.2) is 0 Å². The Bertz CT molecular complexity index is 636. The summed E-state index contributed by atoms with van der Waals surface area (Å²) in [6.45, 7) is 14.5. The summed E-state index contributed by atoms with van der Waals surface area (Å²) in [5.74, 6) is 0. The van der Waals surface area contributed by atoms with Crippen molar-refractivity contribution in [2.45, 2.75) is 47.5 Å². The molecule has 0 radical (unpaired) electrons. The quantitative estimate of drug-likeness (QED) is 0.390. The molecule has 0 aliphatic carbocycles. The number of allylic oxidation sites excluding steroid dienone is 5. The summed E-state index contributed by atoms with van der Waals surface area (Å²) < 4.78 is 0. The van der Waals surface area contributed by atoms with Gasteiger partial charge in [-0.05, 0) is 56.9 Å². The number of hydrogen-bond acceptors (Lipinski definition) is 1. The summed E-state index contributed by atoms with van der Waals surface area (Å²) in [6, 6.07) is 10.4. The van der Waals surface area contributed by atoms with Gasteiger partial charge in [-0.2, -0.15) is 0 Å². The van der Waals surface area contributed by atoms with Crippen molar-refractivity contribution < 1.29 is 0 Å². The minimum Gasteiger partial charge on any atom is -0.253 e. The predicted molar refractivity (Wildman–Crippen MR) is 105 cm³/mol. The zero-order valence-electron chi connectivity index (χ0n) is 15.2. The summed E-state index contributed by atoms with van der Waals surface area (Å²) in [5.41, 5.74) is 6.75. The number of unbranched alkanes of at least 4 members (excludes halogenated alkanes) is 1. The molecule has 0 fully saturated rings. The van der Waals surface area contributed by atoms with Crippen molar-refractivity contribution in [3.05, 3.63) is 77.5 Å². The lowest BCUT2D eigenvalue weighted by atomic mass is 10.00. The lowest BCUT2D eigenvalue weighted by Crippen LogP contribution is -1.95. The fourth-order valence-corrected chi connectivity index (χ4v) is 2.39. The Labute approximate surface area is 141 Å². The maximum atomic E-state index is 4.90. The number of benzene rings is 1. The standard InChI is InChI=1S/C22H29N/c1-7-9-13-20(8-2)22(23-18(5)16-17(3)4)19(6)21-14-11-10-12-15-21/h8,10-16H,2,7,9H2,1,3-6H3/b20-13+,22-19+,23-18?. The second-order valence-corrected chi connectivity index (χ2v) is 5.97. The van der Waals surface area contributed by atoms with Crippen LogP contribution in [0.2, 0.25) is 0 Å². The molecule has 1 heteroatoms. The third kappa shape index (κ3) is 6.23. The van der Waals surface area contributed by atoms with E-state index in [4.69, 9.17) is 4.99 Å². The third-order valence-corrected chi connectivity index (χ3v) is 3.49. The van der Waals surface area contributed by atoms with Gasteiger partial charge in [0.2, 0.25) is 0 Å². The van der Waals surface area contributed by atoms with Crippen LogP contribution in [-0.4, -0.2) is 5.71 Å². The highest BCUT2D eigenvalue weighted by atomic mass is 14.8. The second-order valence-electron chi connectivity index (χ2n) is 5.97. The molecule has 0 unspecified atom stereocenters. The Morgan fingerprint density at radius 3 is 2.26 bits per heavy atom. The topological polar surface area (TPSA) is 12.4 Å². The van der Waals surface area contributed by atoms with Gasteiger partial charge in [-0.3, -0.25) is 4.99 Å². The van der Waals surface area contributed by atoms with Crippen molar-refractivity contribution in [3.8, 4) is 0 Å². The van der Waals surface area contributed by atoms with Gasteiger partial charge in [-0.15, -0.1) is 0 Å². The van der Waals surface area contributed by atoms with Crippen LogP contribution in [0.1, 0.15) is 53.0 Å². The van der Waals surface area contributed by atoms with E-state index in [1.165, 1.54) is 16.7 Å². The molecule has 1 aromatic rings. The molecular formula is C22H29N. The van der Waals surface area contributed by atoms with Crippen molar-refractivity contribution in [1.82, 2.24) is 0 Å². The highest BCUT2D eigenvalue weighted by Crippen LogP contribution is 2.26. The summed E-state index contributed by atoms with van der Waals surface area (Å²) >= 11 is 0. The van der Waals surface area contributed by atoms with Gasteiger partial charge in [0.1, 0.15) is 0 Å². The minimum atomic E-state index is 1.01. The van der Waals surface area contributed by atoms with E-state index in [1.807, 2.05) is 19.1 Å². The van der Waals surface area contributed by atoms with Crippen LogP contribution < -0.4 is 0 Å². The van der Waals surface area contributed by atoms with Crippen molar-refractivity contribution in [2.75, 3.05) is 0 Å². The molecular weight excluding hydrogens is 278 g/mol. The average Bonchev–Trinajstić information content (AvgIpc) is 2.53. The molecule has 1 aromatic carbocycles. The first-order valence-corrected chi connectivity index (χ1v) is 8.29. The molecule has 0 amide bonds. The normalized spacial score (nSPS) is 13.4. The first-order chi connectivity index (χ1) is 11.0. The van der Waals surface area contributed by atoms with E-state index >= 15 is 0 Å². The molecule has 0 aromatic heterocycles. The van der Waals surface area contributed by atoms with Crippen LogP contribution in [0.5, 0.6) is 0 Å². The Balaban J connectivity index is 3.48. The number of aliphatic imine (C=N–C) groups is 1. The monoisotopic (exact) mass is 307 g/mol. The Morgan fingerprint density at radius 1 is 1.09 bits per heavy atom. The molecule has 0 heterocycles. The van der Waals surface area contributed by atoms with E-state index in [2.05, 4.69) is 70.7 Å². The van der Waals surface area contributed by atoms with Gasteiger partial charge in [0.15, 0.2) is 0 Å². The van der Waals surface area contributed by atoms with Crippen molar-refractivity contribution >= 4 is 11.3 Å². The highest BCUT2D eigenvalue weighted by Gasteiger charge is 2.08. The lowest BCUT2D eigenvalue weighted by molar-refractivity contribution is 0.952. The van der Waals surface area contributed by atoms with Gasteiger partial charge < -0.3 is 0 Å². The van der Waals surface area contributed by atoms with Gasteiger partial charge in [0.25, 0.3) is 0 Å². The molecule has 122 valence electrons. The zero-order valence-corrected chi connectivity index (χ0v) is 15.2. The van der Waals surface area contributed by atoms with E-state index < -0.39 is 0 Å². The Hall–Kier alpha value is -2.15. The van der Waals surface area contributed by atoms with Gasteiger partial charge >= 0.3 is 0 Å². The average molecular weight is 307 g/mol. The van der Waals surface area contributed by atoms with Crippen LogP contribution in [0.15, 0.2) is 77.0 Å². The summed E-state index contributed by atoms with van der Waals surface area (Å²) in [6.07, 6.45) is 8.40. The number of nitrogens with zero attached hydrogens (tertiary/aromatic N) is 1. The van der Waals surface area contributed by atoms with E-state index in [-0.39, 0.29) is 0 Å². The highest BCUT2D eigenvalue weighted by molar-refractivity contribution is 5.95. The minimum absolute atomic E-state index is 1.01. The maximum absolute atomic E-state index is 4.90. The number of hydrogen-bond donors (Lipinski definition) is 0. The van der Waals surface area contributed by atoms with Crippen molar-refractivity contribution in [1.29, 1.82) is 0 Å². The first kappa shape index (κ1) is 18.9. The smallest absolute Gasteiger partial charge is 0.0736 e. The maximum Gasteiger partial charge on any atom is 0.0736 e. The summed E-state index contributed by atoms with van der Waals surface area (Å²) in [7, 11) is 0. The van der Waals surface area contributed by atoms with Crippen LogP contribution >= 0.6 is 0 Å². The molecule has 0 aliphatic heterocycles. The molecule has 23 heavy (non-hydrogen) atoms.